The molecule has 1 aliphatic rings. The Morgan fingerprint density at radius 2 is 2.40 bits per heavy atom. The highest BCUT2D eigenvalue weighted by Crippen LogP contribution is 2.18. The maximum atomic E-state index is 5.78. The van der Waals surface area contributed by atoms with Crippen LogP contribution in [0.4, 0.5) is 5.69 Å². The van der Waals surface area contributed by atoms with Gasteiger partial charge in [-0.15, -0.1) is 0 Å². The van der Waals surface area contributed by atoms with E-state index in [1.54, 1.807) is 6.20 Å². The first-order valence-electron chi connectivity index (χ1n) is 5.63. The smallest absolute Gasteiger partial charge is 0.0730 e. The Morgan fingerprint density at radius 1 is 1.60 bits per heavy atom. The van der Waals surface area contributed by atoms with Crippen LogP contribution in [0.15, 0.2) is 6.20 Å². The van der Waals surface area contributed by atoms with Gasteiger partial charge in [0.05, 0.1) is 17.6 Å². The van der Waals surface area contributed by atoms with Crippen LogP contribution in [0.25, 0.3) is 0 Å². The van der Waals surface area contributed by atoms with Crippen LogP contribution in [-0.2, 0) is 6.54 Å². The summed E-state index contributed by atoms with van der Waals surface area (Å²) >= 11 is 0. The van der Waals surface area contributed by atoms with Gasteiger partial charge < -0.3 is 10.6 Å². The van der Waals surface area contributed by atoms with Gasteiger partial charge in [0.2, 0.25) is 0 Å². The lowest BCUT2D eigenvalue weighted by Gasteiger charge is -2.29. The van der Waals surface area contributed by atoms with Gasteiger partial charge in [-0.3, -0.25) is 4.68 Å². The molecule has 1 aromatic heterocycles. The summed E-state index contributed by atoms with van der Waals surface area (Å²) in [5.74, 6) is 0.724. The molecule has 15 heavy (non-hydrogen) atoms. The lowest BCUT2D eigenvalue weighted by molar-refractivity contribution is 0.190. The average Bonchev–Trinajstić information content (AvgIpc) is 2.50. The Kier molecular flexibility index (Phi) is 2.95. The Bertz CT molecular complexity index is 331. The van der Waals surface area contributed by atoms with Crippen molar-refractivity contribution in [2.45, 2.75) is 26.3 Å². The highest BCUT2D eigenvalue weighted by Gasteiger charge is 2.18. The highest BCUT2D eigenvalue weighted by molar-refractivity contribution is 5.39. The second-order valence-corrected chi connectivity index (χ2v) is 4.64. The molecule has 1 unspecified atom stereocenters. The molecule has 4 heteroatoms. The molecule has 84 valence electrons. The van der Waals surface area contributed by atoms with E-state index in [4.69, 9.17) is 5.73 Å². The summed E-state index contributed by atoms with van der Waals surface area (Å²) in [7, 11) is 2.19. The summed E-state index contributed by atoms with van der Waals surface area (Å²) in [5.41, 5.74) is 7.68. The fraction of sp³-hybridized carbons (Fsp3) is 0.727. The number of nitrogen functional groups attached to an aromatic ring is 1. The van der Waals surface area contributed by atoms with E-state index in [2.05, 4.69) is 17.0 Å². The monoisotopic (exact) mass is 208 g/mol. The molecule has 1 fully saturated rings. The predicted molar refractivity (Wildman–Crippen MR) is 61.6 cm³/mol. The molecule has 0 radical (unpaired) electrons. The minimum absolute atomic E-state index is 0.724. The second kappa shape index (κ2) is 4.23. The molecule has 1 aromatic rings. The van der Waals surface area contributed by atoms with Crippen LogP contribution in [0, 0.1) is 12.8 Å². The number of hydrogen-bond donors (Lipinski definition) is 1. The number of hydrogen-bond acceptors (Lipinski definition) is 3. The number of aromatic nitrogens is 2. The van der Waals surface area contributed by atoms with Crippen molar-refractivity contribution in [3.8, 4) is 0 Å². The Labute approximate surface area is 91.1 Å². The van der Waals surface area contributed by atoms with Crippen molar-refractivity contribution in [2.24, 2.45) is 5.92 Å². The molecule has 0 saturated carbocycles. The molecule has 1 saturated heterocycles. The fourth-order valence-corrected chi connectivity index (χ4v) is 2.31. The van der Waals surface area contributed by atoms with Crippen molar-refractivity contribution in [3.63, 3.8) is 0 Å². The Hall–Kier alpha value is -1.03. The number of nitrogens with two attached hydrogens (primary N) is 1. The van der Waals surface area contributed by atoms with Crippen molar-refractivity contribution < 1.29 is 0 Å². The third kappa shape index (κ3) is 2.31. The number of rotatable bonds is 2. The zero-order chi connectivity index (χ0) is 10.8. The minimum Gasteiger partial charge on any atom is -0.396 e. The first-order valence-corrected chi connectivity index (χ1v) is 5.63. The molecular weight excluding hydrogens is 188 g/mol. The molecule has 1 aliphatic heterocycles. The van der Waals surface area contributed by atoms with Crippen molar-refractivity contribution in [1.29, 1.82) is 0 Å². The van der Waals surface area contributed by atoms with E-state index in [0.29, 0.717) is 0 Å². The normalized spacial score (nSPS) is 23.2. The predicted octanol–water partition coefficient (Wildman–Crippen LogP) is 1.12. The molecule has 0 amide bonds. The zero-order valence-corrected chi connectivity index (χ0v) is 9.61. The van der Waals surface area contributed by atoms with Gasteiger partial charge >= 0.3 is 0 Å². The molecule has 0 spiro atoms. The third-order valence-corrected chi connectivity index (χ3v) is 3.29. The molecule has 0 bridgehead atoms. The van der Waals surface area contributed by atoms with Crippen LogP contribution in [0.2, 0.25) is 0 Å². The molecule has 1 atom stereocenters. The maximum Gasteiger partial charge on any atom is 0.0730 e. The highest BCUT2D eigenvalue weighted by atomic mass is 15.3. The van der Waals surface area contributed by atoms with E-state index in [1.807, 2.05) is 11.6 Å². The van der Waals surface area contributed by atoms with Crippen LogP contribution in [0.1, 0.15) is 18.5 Å². The summed E-state index contributed by atoms with van der Waals surface area (Å²) in [6.07, 6.45) is 4.36. The van der Waals surface area contributed by atoms with Gasteiger partial charge in [0, 0.05) is 13.1 Å². The van der Waals surface area contributed by atoms with E-state index in [-0.39, 0.29) is 0 Å². The van der Waals surface area contributed by atoms with Crippen LogP contribution in [-0.4, -0.2) is 34.8 Å². The van der Waals surface area contributed by atoms with Gasteiger partial charge in [-0.25, -0.2) is 0 Å². The summed E-state index contributed by atoms with van der Waals surface area (Å²) in [5, 5.41) is 4.31. The number of piperidine rings is 1. The number of likely N-dealkylation sites (tertiary alicyclic amines) is 1. The van der Waals surface area contributed by atoms with Crippen molar-refractivity contribution in [3.05, 3.63) is 11.9 Å². The molecule has 2 N–H and O–H groups in total. The Morgan fingerprint density at radius 3 is 3.00 bits per heavy atom. The lowest BCUT2D eigenvalue weighted by Crippen LogP contribution is -2.34. The quantitative estimate of drug-likeness (QED) is 0.792. The van der Waals surface area contributed by atoms with Crippen molar-refractivity contribution >= 4 is 5.69 Å². The molecular formula is C11H20N4. The van der Waals surface area contributed by atoms with E-state index in [1.165, 1.54) is 25.9 Å². The molecule has 2 rings (SSSR count). The lowest BCUT2D eigenvalue weighted by atomic mass is 9.98. The van der Waals surface area contributed by atoms with E-state index in [0.717, 1.165) is 23.8 Å². The summed E-state index contributed by atoms with van der Waals surface area (Å²) in [6, 6.07) is 0. The zero-order valence-electron chi connectivity index (χ0n) is 9.61. The number of nitrogens with zero attached hydrogens (tertiary/aromatic N) is 3. The molecule has 4 nitrogen and oxygen atoms in total. The standard InChI is InChI=1S/C11H20N4/c1-9-11(12)6-13-15(9)8-10-4-3-5-14(2)7-10/h6,10H,3-5,7-8,12H2,1-2H3. The van der Waals surface area contributed by atoms with Crippen molar-refractivity contribution in [1.82, 2.24) is 14.7 Å². The molecule has 2 heterocycles. The summed E-state index contributed by atoms with van der Waals surface area (Å²) in [4.78, 5) is 2.40. The molecule has 0 aliphatic carbocycles. The van der Waals surface area contributed by atoms with Crippen LogP contribution >= 0.6 is 0 Å². The van der Waals surface area contributed by atoms with Gasteiger partial charge in [-0.05, 0) is 39.3 Å². The molecule has 0 aromatic carbocycles. The third-order valence-electron chi connectivity index (χ3n) is 3.29. The second-order valence-electron chi connectivity index (χ2n) is 4.64. The average molecular weight is 208 g/mol. The summed E-state index contributed by atoms with van der Waals surface area (Å²) < 4.78 is 2.04. The summed E-state index contributed by atoms with van der Waals surface area (Å²) in [6.45, 7) is 5.46. The van der Waals surface area contributed by atoms with Crippen LogP contribution in [0.5, 0.6) is 0 Å². The number of anilines is 1. The van der Waals surface area contributed by atoms with Gasteiger partial charge in [-0.2, -0.15) is 5.10 Å². The SMILES string of the molecule is Cc1c(N)cnn1CC1CCCN(C)C1. The maximum absolute atomic E-state index is 5.78. The van der Waals surface area contributed by atoms with E-state index >= 15 is 0 Å². The van der Waals surface area contributed by atoms with E-state index in [9.17, 15) is 0 Å². The van der Waals surface area contributed by atoms with E-state index < -0.39 is 0 Å². The van der Waals surface area contributed by atoms with Crippen LogP contribution < -0.4 is 5.73 Å². The largest absolute Gasteiger partial charge is 0.396 e. The van der Waals surface area contributed by atoms with Crippen molar-refractivity contribution in [2.75, 3.05) is 25.9 Å². The van der Waals surface area contributed by atoms with Gasteiger partial charge in [-0.1, -0.05) is 0 Å². The first-order chi connectivity index (χ1) is 7.16. The minimum atomic E-state index is 0.724. The van der Waals surface area contributed by atoms with Gasteiger partial charge in [0.25, 0.3) is 0 Å². The van der Waals surface area contributed by atoms with Gasteiger partial charge in [0.1, 0.15) is 0 Å². The first kappa shape index (κ1) is 10.5. The topological polar surface area (TPSA) is 47.1 Å². The van der Waals surface area contributed by atoms with Gasteiger partial charge in [0.15, 0.2) is 0 Å². The van der Waals surface area contributed by atoms with Crippen LogP contribution in [0.3, 0.4) is 0 Å². The Balaban J connectivity index is 1.99. The fourth-order valence-electron chi connectivity index (χ4n) is 2.31.